The number of para-hydroxylation sites is 2. The third kappa shape index (κ3) is 7.81. The summed E-state index contributed by atoms with van der Waals surface area (Å²) < 4.78 is 0. The molecule has 77 heavy (non-hydrogen) atoms. The lowest BCUT2D eigenvalue weighted by molar-refractivity contribution is 0.768. The number of fused-ring (bicyclic) bond motifs is 5. The van der Waals surface area contributed by atoms with E-state index in [1.165, 1.54) is 82.7 Å². The molecule has 0 spiro atoms. The zero-order valence-corrected chi connectivity index (χ0v) is 42.4. The lowest BCUT2D eigenvalue weighted by Gasteiger charge is -2.35. The lowest BCUT2D eigenvalue weighted by atomic mass is 9.67. The van der Waals surface area contributed by atoms with E-state index in [2.05, 4.69) is 325 Å². The summed E-state index contributed by atoms with van der Waals surface area (Å²) in [5.41, 5.74) is 20.9. The summed E-state index contributed by atoms with van der Waals surface area (Å²) in [6.45, 7) is 0. The van der Waals surface area contributed by atoms with E-state index in [0.29, 0.717) is 0 Å². The summed E-state index contributed by atoms with van der Waals surface area (Å²) in [7, 11) is 0. The highest BCUT2D eigenvalue weighted by Crippen LogP contribution is 2.57. The minimum absolute atomic E-state index is 0.511. The Morgan fingerprint density at radius 2 is 0.571 bits per heavy atom. The minimum Gasteiger partial charge on any atom is -0.311 e. The number of hydrogen-bond donors (Lipinski definition) is 0. The van der Waals surface area contributed by atoms with E-state index in [1.54, 1.807) is 0 Å². The van der Waals surface area contributed by atoms with E-state index < -0.39 is 5.41 Å². The van der Waals surface area contributed by atoms with Gasteiger partial charge in [-0.2, -0.15) is 0 Å². The van der Waals surface area contributed by atoms with Crippen molar-refractivity contribution in [1.29, 1.82) is 0 Å². The topological polar surface area (TPSA) is 6.48 Å². The van der Waals surface area contributed by atoms with Crippen LogP contribution in [0.1, 0.15) is 22.3 Å². The Kier molecular flexibility index (Phi) is 11.5. The van der Waals surface area contributed by atoms with Gasteiger partial charge < -0.3 is 9.80 Å². The average molecular weight is 981 g/mol. The van der Waals surface area contributed by atoms with Crippen molar-refractivity contribution in [3.8, 4) is 44.5 Å². The molecule has 13 aromatic rings. The predicted octanol–water partition coefficient (Wildman–Crippen LogP) is 20.3. The molecule has 1 aliphatic carbocycles. The molecule has 0 saturated heterocycles. The van der Waals surface area contributed by atoms with Crippen LogP contribution in [0.2, 0.25) is 0 Å². The van der Waals surface area contributed by atoms with Gasteiger partial charge in [0.1, 0.15) is 0 Å². The molecule has 0 unspecified atom stereocenters. The fraction of sp³-hybridized carbons (Fsp3) is 0.0133. The van der Waals surface area contributed by atoms with Crippen LogP contribution in [0, 0.1) is 0 Å². The van der Waals surface area contributed by atoms with Gasteiger partial charge in [0.15, 0.2) is 0 Å². The van der Waals surface area contributed by atoms with E-state index in [4.69, 9.17) is 0 Å². The summed E-state index contributed by atoms with van der Waals surface area (Å²) in [6, 6.07) is 115. The van der Waals surface area contributed by atoms with Crippen LogP contribution in [0.3, 0.4) is 0 Å². The zero-order chi connectivity index (χ0) is 51.1. The van der Waals surface area contributed by atoms with Crippen LogP contribution >= 0.6 is 0 Å². The SMILES string of the molecule is c1ccc(-c2c3ccccc3c(-c3ccccc3)c3cc(-c4ccc(N(c5ccccc5)c5ccc(N(c6ccccc6)c6ccc7c(c6)C(c6ccccc6)(c6ccccc6)c6ccccc6-7)cc5)cc4)ccc23)cc1. The third-order valence-electron chi connectivity index (χ3n) is 15.7. The molecule has 362 valence electrons. The quantitative estimate of drug-likeness (QED) is 0.119. The molecule has 2 heteroatoms. The fourth-order valence-electron chi connectivity index (χ4n) is 12.4. The van der Waals surface area contributed by atoms with Gasteiger partial charge in [0, 0.05) is 34.1 Å². The van der Waals surface area contributed by atoms with Crippen molar-refractivity contribution >= 4 is 55.7 Å². The standard InChI is InChI=1S/C75H52N2/c1-7-23-54(24-8-1)73-67-36-19-20-37-68(67)74(55-25-9-2-10-26-55)70-51-56(41-49-69(70)73)53-39-42-61(43-40-53)76(59-31-15-5-16-32-59)62-44-46-63(47-45-62)77(60-33-17-6-18-34-60)64-48-50-66-65-35-21-22-38-71(65)75(72(66)52-64,57-27-11-3-12-28-57)58-29-13-4-14-30-58/h1-52H. The molecule has 0 radical (unpaired) electrons. The second kappa shape index (κ2) is 19.4. The molecule has 0 aliphatic heterocycles. The maximum Gasteiger partial charge on any atom is 0.0714 e. The number of hydrogen-bond acceptors (Lipinski definition) is 2. The summed E-state index contributed by atoms with van der Waals surface area (Å²) >= 11 is 0. The van der Waals surface area contributed by atoms with Crippen LogP contribution in [0.4, 0.5) is 34.1 Å². The number of rotatable bonds is 11. The van der Waals surface area contributed by atoms with Crippen molar-refractivity contribution in [2.24, 2.45) is 0 Å². The van der Waals surface area contributed by atoms with Gasteiger partial charge >= 0.3 is 0 Å². The van der Waals surface area contributed by atoms with Crippen molar-refractivity contribution < 1.29 is 0 Å². The van der Waals surface area contributed by atoms with Gasteiger partial charge in [0.05, 0.1) is 5.41 Å². The maximum absolute atomic E-state index is 2.44. The van der Waals surface area contributed by atoms with Crippen molar-refractivity contribution in [3.63, 3.8) is 0 Å². The molecule has 0 saturated carbocycles. The van der Waals surface area contributed by atoms with Crippen molar-refractivity contribution in [3.05, 3.63) is 338 Å². The molecule has 0 N–H and O–H groups in total. The van der Waals surface area contributed by atoms with E-state index >= 15 is 0 Å². The van der Waals surface area contributed by atoms with Crippen LogP contribution in [0.25, 0.3) is 66.1 Å². The molecule has 0 fully saturated rings. The van der Waals surface area contributed by atoms with Crippen LogP contribution in [0.5, 0.6) is 0 Å². The first kappa shape index (κ1) is 45.6. The molecule has 13 aromatic carbocycles. The first-order valence-corrected chi connectivity index (χ1v) is 26.6. The fourth-order valence-corrected chi connectivity index (χ4v) is 12.4. The first-order chi connectivity index (χ1) is 38.2. The highest BCUT2D eigenvalue weighted by molar-refractivity contribution is 6.22. The van der Waals surface area contributed by atoms with Crippen LogP contribution < -0.4 is 9.80 Å². The summed E-state index contributed by atoms with van der Waals surface area (Å²) in [5.74, 6) is 0. The Labute approximate surface area is 450 Å². The Morgan fingerprint density at radius 3 is 1.10 bits per heavy atom. The molecule has 0 bridgehead atoms. The van der Waals surface area contributed by atoms with Gasteiger partial charge in [-0.05, 0) is 167 Å². The Bertz CT molecular complexity index is 4180. The Morgan fingerprint density at radius 1 is 0.208 bits per heavy atom. The Balaban J connectivity index is 0.863. The van der Waals surface area contributed by atoms with Gasteiger partial charge in [-0.1, -0.05) is 237 Å². The van der Waals surface area contributed by atoms with E-state index in [1.807, 2.05) is 0 Å². The van der Waals surface area contributed by atoms with Crippen molar-refractivity contribution in [2.75, 3.05) is 9.80 Å². The van der Waals surface area contributed by atoms with E-state index in [-0.39, 0.29) is 0 Å². The van der Waals surface area contributed by atoms with Crippen LogP contribution in [0.15, 0.2) is 315 Å². The van der Waals surface area contributed by atoms with Crippen molar-refractivity contribution in [1.82, 2.24) is 0 Å². The highest BCUT2D eigenvalue weighted by atomic mass is 15.2. The number of benzene rings is 13. The molecule has 0 aromatic heterocycles. The second-order valence-electron chi connectivity index (χ2n) is 20.0. The van der Waals surface area contributed by atoms with Gasteiger partial charge in [0.2, 0.25) is 0 Å². The summed E-state index contributed by atoms with van der Waals surface area (Å²) in [6.07, 6.45) is 0. The van der Waals surface area contributed by atoms with E-state index in [0.717, 1.165) is 39.7 Å². The number of anilines is 6. The zero-order valence-electron chi connectivity index (χ0n) is 42.4. The highest BCUT2D eigenvalue weighted by Gasteiger charge is 2.46. The first-order valence-electron chi connectivity index (χ1n) is 26.6. The number of nitrogens with zero attached hydrogens (tertiary/aromatic N) is 2. The molecular weight excluding hydrogens is 929 g/mol. The van der Waals surface area contributed by atoms with E-state index in [9.17, 15) is 0 Å². The minimum atomic E-state index is -0.511. The predicted molar refractivity (Wildman–Crippen MR) is 324 cm³/mol. The maximum atomic E-state index is 2.44. The van der Waals surface area contributed by atoms with Gasteiger partial charge in [-0.15, -0.1) is 0 Å². The second-order valence-corrected chi connectivity index (χ2v) is 20.0. The smallest absolute Gasteiger partial charge is 0.0714 e. The van der Waals surface area contributed by atoms with Crippen LogP contribution in [-0.2, 0) is 5.41 Å². The monoisotopic (exact) mass is 980 g/mol. The van der Waals surface area contributed by atoms with Crippen LogP contribution in [-0.4, -0.2) is 0 Å². The molecule has 2 nitrogen and oxygen atoms in total. The average Bonchev–Trinajstić information content (AvgIpc) is 4.08. The van der Waals surface area contributed by atoms with Gasteiger partial charge in [0.25, 0.3) is 0 Å². The lowest BCUT2D eigenvalue weighted by Crippen LogP contribution is -2.28. The molecule has 0 atom stereocenters. The normalized spacial score (nSPS) is 12.3. The summed E-state index contributed by atoms with van der Waals surface area (Å²) in [5, 5.41) is 4.99. The molecule has 0 heterocycles. The molecule has 14 rings (SSSR count). The van der Waals surface area contributed by atoms with Crippen molar-refractivity contribution in [2.45, 2.75) is 5.41 Å². The molecule has 0 amide bonds. The molecule has 1 aliphatic rings. The Hall–Kier alpha value is -10.0. The largest absolute Gasteiger partial charge is 0.311 e. The summed E-state index contributed by atoms with van der Waals surface area (Å²) in [4.78, 5) is 4.75. The van der Waals surface area contributed by atoms with Gasteiger partial charge in [-0.25, -0.2) is 0 Å². The third-order valence-corrected chi connectivity index (χ3v) is 15.7. The molecular formula is C75H52N2. The van der Waals surface area contributed by atoms with Gasteiger partial charge in [-0.3, -0.25) is 0 Å².